The number of piperidine rings is 1. The number of fused-ring (bicyclic) bond motifs is 2. The van der Waals surface area contributed by atoms with Gasteiger partial charge in [0.1, 0.15) is 5.82 Å². The van der Waals surface area contributed by atoms with Crippen LogP contribution >= 0.6 is 11.6 Å². The summed E-state index contributed by atoms with van der Waals surface area (Å²) in [4.78, 5) is 26.3. The fourth-order valence-electron chi connectivity index (χ4n) is 4.18. The maximum atomic E-state index is 13.6. The van der Waals surface area contributed by atoms with Crippen LogP contribution in [-0.2, 0) is 18.4 Å². The second kappa shape index (κ2) is 7.60. The Balaban J connectivity index is 1.40. The fourth-order valence-corrected chi connectivity index (χ4v) is 4.36. The summed E-state index contributed by atoms with van der Waals surface area (Å²) >= 11 is 6.24. The van der Waals surface area contributed by atoms with E-state index in [9.17, 15) is 4.79 Å². The van der Waals surface area contributed by atoms with Crippen LogP contribution in [0, 0.1) is 5.92 Å². The van der Waals surface area contributed by atoms with E-state index in [2.05, 4.69) is 25.3 Å². The average molecular weight is 424 g/mol. The molecule has 0 saturated carbocycles. The van der Waals surface area contributed by atoms with E-state index in [1.54, 1.807) is 17.1 Å². The molecule has 0 aliphatic carbocycles. The molecule has 2 aromatic heterocycles. The Morgan fingerprint density at radius 2 is 1.97 bits per heavy atom. The van der Waals surface area contributed by atoms with Crippen molar-refractivity contribution in [3.8, 4) is 0 Å². The molecule has 1 amide bonds. The third-order valence-electron chi connectivity index (χ3n) is 5.79. The van der Waals surface area contributed by atoms with E-state index in [4.69, 9.17) is 11.6 Å². The number of hydrogen-bond acceptors (Lipinski definition) is 6. The number of halogens is 1. The molecule has 1 aromatic carbocycles. The summed E-state index contributed by atoms with van der Waals surface area (Å²) in [6.07, 6.45) is 6.84. The van der Waals surface area contributed by atoms with Crippen molar-refractivity contribution >= 4 is 40.6 Å². The quantitative estimate of drug-likeness (QED) is 0.680. The first kappa shape index (κ1) is 18.9. The van der Waals surface area contributed by atoms with Gasteiger partial charge in [-0.2, -0.15) is 5.10 Å². The summed E-state index contributed by atoms with van der Waals surface area (Å²) in [6, 6.07) is 7.40. The molecule has 0 spiro atoms. The zero-order valence-electron chi connectivity index (χ0n) is 16.6. The molecular formula is C21H22ClN7O. The molecule has 1 fully saturated rings. The van der Waals surface area contributed by atoms with Gasteiger partial charge in [0.15, 0.2) is 0 Å². The number of carbonyl (C=O) groups is 1. The first-order valence-electron chi connectivity index (χ1n) is 10.0. The number of nitrogens with zero attached hydrogens (tertiary/aromatic N) is 6. The molecule has 0 radical (unpaired) electrons. The van der Waals surface area contributed by atoms with Crippen molar-refractivity contribution in [2.45, 2.75) is 19.4 Å². The van der Waals surface area contributed by atoms with Crippen LogP contribution < -0.4 is 15.1 Å². The van der Waals surface area contributed by atoms with E-state index in [-0.39, 0.29) is 11.8 Å². The Hall–Kier alpha value is -3.13. The summed E-state index contributed by atoms with van der Waals surface area (Å²) in [5, 5.41) is 8.37. The first-order valence-corrected chi connectivity index (χ1v) is 10.4. The Kier molecular flexibility index (Phi) is 4.78. The fraction of sp³-hybridized carbons (Fsp3) is 0.333. The second-order valence-electron chi connectivity index (χ2n) is 7.66. The van der Waals surface area contributed by atoms with Crippen molar-refractivity contribution in [2.24, 2.45) is 13.0 Å². The molecule has 30 heavy (non-hydrogen) atoms. The van der Waals surface area contributed by atoms with Crippen molar-refractivity contribution in [1.29, 1.82) is 0 Å². The van der Waals surface area contributed by atoms with Crippen LogP contribution in [0.2, 0.25) is 5.02 Å². The van der Waals surface area contributed by atoms with E-state index in [1.165, 1.54) is 0 Å². The lowest BCUT2D eigenvalue weighted by atomic mass is 9.95. The van der Waals surface area contributed by atoms with Gasteiger partial charge in [-0.05, 0) is 37.1 Å². The number of aromatic nitrogens is 4. The number of rotatable bonds is 2. The Labute approximate surface area is 179 Å². The molecular weight excluding hydrogens is 402 g/mol. The lowest BCUT2D eigenvalue weighted by Gasteiger charge is -2.34. The van der Waals surface area contributed by atoms with Crippen LogP contribution in [0.15, 0.2) is 42.9 Å². The minimum absolute atomic E-state index is 0.0493. The van der Waals surface area contributed by atoms with Crippen molar-refractivity contribution in [1.82, 2.24) is 19.7 Å². The Morgan fingerprint density at radius 3 is 2.73 bits per heavy atom. The Bertz CT molecular complexity index is 1080. The van der Waals surface area contributed by atoms with Gasteiger partial charge in [0.05, 0.1) is 24.1 Å². The van der Waals surface area contributed by atoms with E-state index in [0.29, 0.717) is 11.6 Å². The van der Waals surface area contributed by atoms with Gasteiger partial charge in [-0.3, -0.25) is 9.48 Å². The molecule has 154 valence electrons. The van der Waals surface area contributed by atoms with Crippen LogP contribution in [0.3, 0.4) is 0 Å². The topological polar surface area (TPSA) is 79.2 Å². The number of nitrogens with one attached hydrogen (secondary N) is 1. The number of carbonyl (C=O) groups excluding carboxylic acids is 1. The molecule has 0 atom stereocenters. The molecule has 0 unspecified atom stereocenters. The minimum atomic E-state index is -0.0493. The van der Waals surface area contributed by atoms with Crippen LogP contribution in [0.4, 0.5) is 23.1 Å². The third-order valence-corrected chi connectivity index (χ3v) is 6.03. The SMILES string of the molecule is Cn1ncc2c1Nc1cc(Cl)ccc1N(C(=O)C1CCN(c3ncccn3)CC1)C2. The zero-order chi connectivity index (χ0) is 20.7. The average Bonchev–Trinajstić information content (AvgIpc) is 3.02. The van der Waals surface area contributed by atoms with Gasteiger partial charge in [-0.1, -0.05) is 11.6 Å². The molecule has 2 aliphatic rings. The normalized spacial score (nSPS) is 16.5. The maximum Gasteiger partial charge on any atom is 0.230 e. The van der Waals surface area contributed by atoms with E-state index in [0.717, 1.165) is 54.6 Å². The van der Waals surface area contributed by atoms with Crippen molar-refractivity contribution in [2.75, 3.05) is 28.2 Å². The van der Waals surface area contributed by atoms with Crippen molar-refractivity contribution < 1.29 is 4.79 Å². The largest absolute Gasteiger partial charge is 0.341 e. The van der Waals surface area contributed by atoms with Crippen LogP contribution in [-0.4, -0.2) is 38.7 Å². The predicted molar refractivity (Wildman–Crippen MR) is 116 cm³/mol. The van der Waals surface area contributed by atoms with Gasteiger partial charge in [0.25, 0.3) is 0 Å². The van der Waals surface area contributed by atoms with Crippen LogP contribution in [0.5, 0.6) is 0 Å². The highest BCUT2D eigenvalue weighted by atomic mass is 35.5. The summed E-state index contributed by atoms with van der Waals surface area (Å²) in [7, 11) is 1.88. The van der Waals surface area contributed by atoms with E-state index < -0.39 is 0 Å². The smallest absolute Gasteiger partial charge is 0.230 e. The summed E-state index contributed by atoms with van der Waals surface area (Å²) < 4.78 is 1.78. The summed E-state index contributed by atoms with van der Waals surface area (Å²) in [5.41, 5.74) is 2.64. The van der Waals surface area contributed by atoms with E-state index in [1.807, 2.05) is 42.4 Å². The molecule has 8 nitrogen and oxygen atoms in total. The second-order valence-corrected chi connectivity index (χ2v) is 8.10. The summed E-state index contributed by atoms with van der Waals surface area (Å²) in [5.74, 6) is 1.68. The molecule has 9 heteroatoms. The standard InChI is InChI=1S/C21H22ClN7O/c1-27-19-15(12-25-27)13-29(18-4-3-16(22)11-17(18)26-19)20(30)14-5-9-28(10-6-14)21-23-7-2-8-24-21/h2-4,7-8,11-12,14,26H,5-6,9-10,13H2,1H3. The number of aryl methyl sites for hydroxylation is 1. The van der Waals surface area contributed by atoms with Gasteiger partial charge < -0.3 is 15.1 Å². The number of hydrogen-bond donors (Lipinski definition) is 1. The highest BCUT2D eigenvalue weighted by molar-refractivity contribution is 6.31. The highest BCUT2D eigenvalue weighted by Crippen LogP contribution is 2.38. The van der Waals surface area contributed by atoms with Gasteiger partial charge >= 0.3 is 0 Å². The molecule has 3 aromatic rings. The third kappa shape index (κ3) is 3.37. The monoisotopic (exact) mass is 423 g/mol. The number of benzene rings is 1. The highest BCUT2D eigenvalue weighted by Gasteiger charge is 2.33. The van der Waals surface area contributed by atoms with Gasteiger partial charge in [0, 0.05) is 49.0 Å². The van der Waals surface area contributed by atoms with Gasteiger partial charge in [-0.15, -0.1) is 0 Å². The van der Waals surface area contributed by atoms with Crippen molar-refractivity contribution in [3.63, 3.8) is 0 Å². The lowest BCUT2D eigenvalue weighted by molar-refractivity contribution is -0.123. The van der Waals surface area contributed by atoms with Crippen LogP contribution in [0.1, 0.15) is 18.4 Å². The number of amides is 1. The van der Waals surface area contributed by atoms with Crippen molar-refractivity contribution in [3.05, 3.63) is 53.4 Å². The Morgan fingerprint density at radius 1 is 1.20 bits per heavy atom. The maximum absolute atomic E-state index is 13.6. The minimum Gasteiger partial charge on any atom is -0.341 e. The van der Waals surface area contributed by atoms with E-state index >= 15 is 0 Å². The number of anilines is 4. The summed E-state index contributed by atoms with van der Waals surface area (Å²) in [6.45, 7) is 2.00. The van der Waals surface area contributed by atoms with Gasteiger partial charge in [-0.25, -0.2) is 9.97 Å². The molecule has 1 N–H and O–H groups in total. The molecule has 4 heterocycles. The lowest BCUT2D eigenvalue weighted by Crippen LogP contribution is -2.43. The van der Waals surface area contributed by atoms with Crippen LogP contribution in [0.25, 0.3) is 0 Å². The molecule has 5 rings (SSSR count). The zero-order valence-corrected chi connectivity index (χ0v) is 17.4. The predicted octanol–water partition coefficient (Wildman–Crippen LogP) is 3.37. The molecule has 0 bridgehead atoms. The van der Waals surface area contributed by atoms with Gasteiger partial charge in [0.2, 0.25) is 11.9 Å². The molecule has 1 saturated heterocycles. The first-order chi connectivity index (χ1) is 14.6. The molecule has 2 aliphatic heterocycles.